The maximum Gasteiger partial charge on any atom is 0.351 e. The predicted octanol–water partition coefficient (Wildman–Crippen LogP) is 23.7. The number of esters is 4. The Labute approximate surface area is 510 Å². The van der Waals surface area contributed by atoms with Crippen LogP contribution in [0.25, 0.3) is 0 Å². The predicted molar refractivity (Wildman–Crippen MR) is 350 cm³/mol. The molecule has 8 nitrogen and oxygen atoms in total. The second kappa shape index (κ2) is 61.9. The number of hydrogen-bond acceptors (Lipinski definition) is 8. The highest BCUT2D eigenvalue weighted by Crippen LogP contribution is 2.27. The van der Waals surface area contributed by atoms with Crippen molar-refractivity contribution in [3.05, 3.63) is 0 Å². The van der Waals surface area contributed by atoms with Crippen molar-refractivity contribution in [2.45, 2.75) is 414 Å². The molecule has 0 aromatic carbocycles. The van der Waals surface area contributed by atoms with E-state index in [0.717, 1.165) is 75.5 Å². The van der Waals surface area contributed by atoms with Crippen LogP contribution in [0.5, 0.6) is 0 Å². The monoisotopic (exact) mass is 1160 g/mol. The van der Waals surface area contributed by atoms with Gasteiger partial charge >= 0.3 is 23.9 Å². The first-order chi connectivity index (χ1) is 39.9. The molecule has 82 heavy (non-hydrogen) atoms. The van der Waals surface area contributed by atoms with Gasteiger partial charge in [0.15, 0.2) is 0 Å². The lowest BCUT2D eigenvalue weighted by Crippen LogP contribution is -2.48. The highest BCUT2D eigenvalue weighted by molar-refractivity contribution is 5.92. The maximum absolute atomic E-state index is 13.9. The Morgan fingerprint density at radius 2 is 0.427 bits per heavy atom. The molecule has 8 heteroatoms. The van der Waals surface area contributed by atoms with Crippen LogP contribution in [0.3, 0.4) is 0 Å². The summed E-state index contributed by atoms with van der Waals surface area (Å²) in [5.74, 6) is -0.498. The summed E-state index contributed by atoms with van der Waals surface area (Å²) in [6.45, 7) is 15.7. The lowest BCUT2D eigenvalue weighted by atomic mass is 9.95. The highest BCUT2D eigenvalue weighted by Gasteiger charge is 2.48. The van der Waals surface area contributed by atoms with Crippen LogP contribution < -0.4 is 0 Å². The molecule has 0 atom stereocenters. The Balaban J connectivity index is 4.67. The first kappa shape index (κ1) is 79.9. The van der Waals surface area contributed by atoms with Crippen molar-refractivity contribution in [2.24, 2.45) is 17.8 Å². The van der Waals surface area contributed by atoms with E-state index in [1.807, 2.05) is 0 Å². The van der Waals surface area contributed by atoms with Crippen LogP contribution in [-0.2, 0) is 38.1 Å². The van der Waals surface area contributed by atoms with Crippen molar-refractivity contribution in [3.63, 3.8) is 0 Å². The second-order valence-corrected chi connectivity index (χ2v) is 27.1. The smallest absolute Gasteiger partial charge is 0.351 e. The van der Waals surface area contributed by atoms with E-state index in [9.17, 15) is 19.2 Å². The fourth-order valence-corrected chi connectivity index (χ4v) is 11.8. The number of hydrogen-bond donors (Lipinski definition) is 0. The van der Waals surface area contributed by atoms with Gasteiger partial charge in [-0.2, -0.15) is 0 Å². The van der Waals surface area contributed by atoms with Gasteiger partial charge in [0.2, 0.25) is 5.60 Å². The number of unbranched alkanes of at least 4 members (excludes halogenated alkanes) is 48. The zero-order chi connectivity index (χ0) is 60.1. The van der Waals surface area contributed by atoms with Crippen molar-refractivity contribution in [1.29, 1.82) is 0 Å². The van der Waals surface area contributed by atoms with Gasteiger partial charge in [-0.3, -0.25) is 14.4 Å². The summed E-state index contributed by atoms with van der Waals surface area (Å²) >= 11 is 0. The van der Waals surface area contributed by atoms with Crippen LogP contribution in [-0.4, -0.2) is 49.3 Å². The van der Waals surface area contributed by atoms with E-state index in [0.29, 0.717) is 6.42 Å². The average Bonchev–Trinajstić information content (AvgIpc) is 3.46. The summed E-state index contributed by atoms with van der Waals surface area (Å²) in [5.41, 5.74) is -2.13. The molecule has 486 valence electrons. The first-order valence-electron chi connectivity index (χ1n) is 36.6. The number of carbonyl (C=O) groups is 4. The minimum Gasteiger partial charge on any atom is -0.466 e. The lowest BCUT2D eigenvalue weighted by molar-refractivity contribution is -0.190. The zero-order valence-corrected chi connectivity index (χ0v) is 56.2. The molecular weight excluding hydrogens is 1020 g/mol. The maximum atomic E-state index is 13.9. The molecule has 0 rings (SSSR count). The van der Waals surface area contributed by atoms with Gasteiger partial charge in [-0.1, -0.05) is 369 Å². The van der Waals surface area contributed by atoms with Gasteiger partial charge in [0.25, 0.3) is 0 Å². The van der Waals surface area contributed by atoms with E-state index in [1.165, 1.54) is 289 Å². The summed E-state index contributed by atoms with van der Waals surface area (Å²) in [5, 5.41) is 0. The first-order valence-corrected chi connectivity index (χ1v) is 36.6. The van der Waals surface area contributed by atoms with Gasteiger partial charge in [0, 0.05) is 6.92 Å². The van der Waals surface area contributed by atoms with Gasteiger partial charge in [0.05, 0.1) is 32.7 Å². The van der Waals surface area contributed by atoms with Gasteiger partial charge in [0.1, 0.15) is 0 Å². The molecule has 0 fully saturated rings. The van der Waals surface area contributed by atoms with Crippen molar-refractivity contribution >= 4 is 23.9 Å². The Hall–Kier alpha value is -2.12. The molecule has 0 saturated carbocycles. The van der Waals surface area contributed by atoms with Crippen molar-refractivity contribution < 1.29 is 38.1 Å². The van der Waals surface area contributed by atoms with Crippen molar-refractivity contribution in [3.8, 4) is 0 Å². The molecule has 0 aliphatic heterocycles. The third-order valence-corrected chi connectivity index (χ3v) is 17.1. The minimum absolute atomic E-state index is 0.127. The van der Waals surface area contributed by atoms with Gasteiger partial charge in [-0.15, -0.1) is 0 Å². The van der Waals surface area contributed by atoms with E-state index in [-0.39, 0.29) is 19.8 Å². The van der Waals surface area contributed by atoms with E-state index in [2.05, 4.69) is 41.5 Å². The molecule has 0 aliphatic carbocycles. The summed E-state index contributed by atoms with van der Waals surface area (Å²) in [6.07, 6.45) is 67.6. The van der Waals surface area contributed by atoms with Crippen LogP contribution in [0.15, 0.2) is 0 Å². The molecule has 0 aromatic heterocycles. The average molecular weight is 1160 g/mol. The molecule has 0 aliphatic rings. The van der Waals surface area contributed by atoms with Gasteiger partial charge < -0.3 is 18.9 Å². The molecule has 0 spiro atoms. The largest absolute Gasteiger partial charge is 0.466 e. The topological polar surface area (TPSA) is 105 Å². The molecule has 0 N–H and O–H groups in total. The molecular formula is C74H142O8. The zero-order valence-electron chi connectivity index (χ0n) is 56.2. The van der Waals surface area contributed by atoms with E-state index in [4.69, 9.17) is 18.9 Å². The minimum atomic E-state index is -2.13. The summed E-state index contributed by atoms with van der Waals surface area (Å²) in [4.78, 5) is 53.2. The molecule has 0 heterocycles. The Kier molecular flexibility index (Phi) is 60.3. The third-order valence-electron chi connectivity index (χ3n) is 17.1. The standard InChI is InChI=1S/C74H142O8/c1-67(2)59-53-47-41-35-29-23-17-11-8-14-20-26-32-38-44-50-56-62-79-71(76)65-74(82-70(7)75,73(78)81-64-58-52-46-40-34-28-22-16-10-13-19-25-31-37-43-49-55-61-69(5)6)66-72(77)80-63-57-51-45-39-33-27-21-15-9-12-18-24-30-36-42-48-54-60-68(3)4/h67-69H,8-66H2,1-7H3. The highest BCUT2D eigenvalue weighted by atomic mass is 16.6. The second-order valence-electron chi connectivity index (χ2n) is 27.1. The Bertz CT molecular complexity index is 1310. The molecule has 0 bridgehead atoms. The summed E-state index contributed by atoms with van der Waals surface area (Å²) < 4.78 is 22.6. The van der Waals surface area contributed by atoms with Gasteiger partial charge in [-0.05, 0) is 37.0 Å². The molecule has 0 radical (unpaired) electrons. The Morgan fingerprint density at radius 1 is 0.256 bits per heavy atom. The van der Waals surface area contributed by atoms with Crippen LogP contribution in [0.4, 0.5) is 0 Å². The summed E-state index contributed by atoms with van der Waals surface area (Å²) in [6, 6.07) is 0. The van der Waals surface area contributed by atoms with Gasteiger partial charge in [-0.25, -0.2) is 4.79 Å². The van der Waals surface area contributed by atoms with E-state index in [1.54, 1.807) is 0 Å². The lowest BCUT2D eigenvalue weighted by Gasteiger charge is -2.29. The fraction of sp³-hybridized carbons (Fsp3) is 0.946. The van der Waals surface area contributed by atoms with Crippen molar-refractivity contribution in [1.82, 2.24) is 0 Å². The SMILES string of the molecule is CC(=O)OC(CC(=O)OCCCCCCCCCCCCCCCCCCCC(C)C)(CC(=O)OCCCCCCCCCCCCCCCCCCCC(C)C)C(=O)OCCCCCCCCCCCCCCCCCCCC(C)C. The van der Waals surface area contributed by atoms with E-state index >= 15 is 0 Å². The molecule has 0 unspecified atom stereocenters. The van der Waals surface area contributed by atoms with Crippen LogP contribution >= 0.6 is 0 Å². The molecule has 0 aromatic rings. The van der Waals surface area contributed by atoms with Crippen LogP contribution in [0.2, 0.25) is 0 Å². The quantitative estimate of drug-likeness (QED) is 0.0337. The van der Waals surface area contributed by atoms with E-state index < -0.39 is 42.3 Å². The van der Waals surface area contributed by atoms with Crippen LogP contribution in [0, 0.1) is 17.8 Å². The molecule has 0 saturated heterocycles. The summed E-state index contributed by atoms with van der Waals surface area (Å²) in [7, 11) is 0. The molecule has 0 amide bonds. The van der Waals surface area contributed by atoms with Crippen molar-refractivity contribution in [2.75, 3.05) is 19.8 Å². The Morgan fingerprint density at radius 3 is 0.610 bits per heavy atom. The number of ether oxygens (including phenoxy) is 4. The normalized spacial score (nSPS) is 11.8. The number of carbonyl (C=O) groups excluding carboxylic acids is 4. The van der Waals surface area contributed by atoms with Crippen LogP contribution in [0.1, 0.15) is 408 Å². The number of rotatable bonds is 66. The third kappa shape index (κ3) is 59.6. The fourth-order valence-electron chi connectivity index (χ4n) is 11.8.